The van der Waals surface area contributed by atoms with Crippen molar-refractivity contribution in [3.63, 3.8) is 0 Å². The molecule has 3 N–H and O–H groups in total. The maximum absolute atomic E-state index is 12.4. The van der Waals surface area contributed by atoms with Crippen LogP contribution in [0.3, 0.4) is 0 Å². The third-order valence-electron chi connectivity index (χ3n) is 4.77. The zero-order chi connectivity index (χ0) is 26.4. The monoisotopic (exact) mass is 481 g/mol. The van der Waals surface area contributed by atoms with E-state index in [4.69, 9.17) is 0 Å². The molecule has 3 rings (SSSR count). The molecule has 0 saturated heterocycles. The number of aromatic nitrogens is 2. The van der Waals surface area contributed by atoms with Gasteiger partial charge in [0, 0.05) is 11.6 Å². The van der Waals surface area contributed by atoms with E-state index < -0.39 is 17.7 Å². The van der Waals surface area contributed by atoms with Gasteiger partial charge in [0.25, 0.3) is 5.91 Å². The molecule has 2 atom stereocenters. The second-order valence-electron chi connectivity index (χ2n) is 8.02. The van der Waals surface area contributed by atoms with Crippen molar-refractivity contribution in [1.82, 2.24) is 9.97 Å². The van der Waals surface area contributed by atoms with E-state index in [1.807, 2.05) is 19.9 Å². The van der Waals surface area contributed by atoms with Crippen LogP contribution in [0, 0.1) is 5.92 Å². The summed E-state index contributed by atoms with van der Waals surface area (Å²) in [7, 11) is 0. The molecule has 0 radical (unpaired) electrons. The molecule has 2 aromatic carbocycles. The molecule has 188 valence electrons. The van der Waals surface area contributed by atoms with Gasteiger partial charge in [0.05, 0.1) is 16.7 Å². The highest BCUT2D eigenvalue weighted by molar-refractivity contribution is 6.10. The van der Waals surface area contributed by atoms with Crippen LogP contribution in [0.5, 0.6) is 0 Å². The van der Waals surface area contributed by atoms with E-state index in [1.54, 1.807) is 49.4 Å². The number of anilines is 1. The molecule has 0 fully saturated rings. The quantitative estimate of drug-likeness (QED) is 0.300. The second-order valence-corrected chi connectivity index (χ2v) is 8.02. The van der Waals surface area contributed by atoms with Crippen LogP contribution in [-0.2, 0) is 14.4 Å². The van der Waals surface area contributed by atoms with Gasteiger partial charge in [0.15, 0.2) is 5.78 Å². The summed E-state index contributed by atoms with van der Waals surface area (Å²) in [4.78, 5) is 50.9. The van der Waals surface area contributed by atoms with Gasteiger partial charge in [-0.25, -0.2) is 4.79 Å². The number of benzene rings is 2. The van der Waals surface area contributed by atoms with Crippen molar-refractivity contribution < 1.29 is 14.4 Å². The summed E-state index contributed by atoms with van der Waals surface area (Å²) in [5, 5.41) is 10.4. The number of ketones is 2. The summed E-state index contributed by atoms with van der Waals surface area (Å²) in [6.07, 6.45) is 2.22. The molecule has 1 aromatic heterocycles. The highest BCUT2D eigenvalue weighted by atomic mass is 16.2. The first kappa shape index (κ1) is 29.2. The zero-order valence-corrected chi connectivity index (χ0v) is 21.2. The number of nitrogens with one attached hydrogen (secondary N) is 3. The predicted octanol–water partition coefficient (Wildman–Crippen LogP) is 5.57. The minimum Gasteiger partial charge on any atom is -0.324 e. The highest BCUT2D eigenvalue weighted by Gasteiger charge is 2.23. The van der Waals surface area contributed by atoms with Crippen LogP contribution >= 0.6 is 0 Å². The number of hydrogen-bond donors (Lipinski definition) is 3. The summed E-state index contributed by atoms with van der Waals surface area (Å²) in [5.74, 6) is -0.458. The molecule has 2 unspecified atom stereocenters. The summed E-state index contributed by atoms with van der Waals surface area (Å²) in [6.45, 7) is 11.1. The first-order valence-electron chi connectivity index (χ1n) is 11.6. The summed E-state index contributed by atoms with van der Waals surface area (Å²) < 4.78 is 0. The number of imidazole rings is 1. The van der Waals surface area contributed by atoms with Crippen LogP contribution in [0.2, 0.25) is 0 Å². The average molecular weight is 482 g/mol. The minimum atomic E-state index is -1.25. The van der Waals surface area contributed by atoms with Crippen LogP contribution in [0.15, 0.2) is 63.6 Å². The SMILES string of the molecule is CC(=O)C(N=Nc1ccccc1)C(=O)Nc1ccc2[nH]c(=O)[nH]c2c1.CCC.CCC(C)C(C)=O. The fourth-order valence-corrected chi connectivity index (χ4v) is 2.55. The Kier molecular flexibility index (Phi) is 12.6. The van der Waals surface area contributed by atoms with Crippen LogP contribution in [0.4, 0.5) is 11.4 Å². The van der Waals surface area contributed by atoms with Gasteiger partial charge in [0.2, 0.25) is 6.04 Å². The Morgan fingerprint density at radius 1 is 0.914 bits per heavy atom. The number of hydrogen-bond acceptors (Lipinski definition) is 6. The molecule has 3 aromatic rings. The molecule has 9 heteroatoms. The molecule has 0 bridgehead atoms. The van der Waals surface area contributed by atoms with Gasteiger partial charge in [-0.05, 0) is 50.6 Å². The lowest BCUT2D eigenvalue weighted by Gasteiger charge is -2.09. The van der Waals surface area contributed by atoms with Crippen molar-refractivity contribution in [2.45, 2.75) is 60.4 Å². The molecular weight excluding hydrogens is 446 g/mol. The van der Waals surface area contributed by atoms with E-state index in [-0.39, 0.29) is 11.6 Å². The third-order valence-corrected chi connectivity index (χ3v) is 4.77. The van der Waals surface area contributed by atoms with Gasteiger partial charge < -0.3 is 15.3 Å². The first-order chi connectivity index (χ1) is 16.6. The Bertz CT molecular complexity index is 1180. The standard InChI is InChI=1S/C17H15N5O3.C6H12O.C3H8/c1-10(23)15(22-21-11-5-3-2-4-6-11)16(24)18-12-7-8-13-14(9-12)20-17(25)19-13;1-4-5(2)6(3)7;1-3-2/h2-9,15H,1H3,(H,18,24)(H2,19,20,25);5H,4H2,1-3H3;3H2,1-2H3. The van der Waals surface area contributed by atoms with Gasteiger partial charge in [-0.3, -0.25) is 14.4 Å². The number of carbonyl (C=O) groups excluding carboxylic acids is 3. The Balaban J connectivity index is 0.000000521. The van der Waals surface area contributed by atoms with Crippen LogP contribution < -0.4 is 11.0 Å². The number of fused-ring (bicyclic) bond motifs is 1. The van der Waals surface area contributed by atoms with E-state index in [2.05, 4.69) is 39.4 Å². The maximum Gasteiger partial charge on any atom is 0.323 e. The fraction of sp³-hybridized carbons (Fsp3) is 0.385. The molecule has 0 aliphatic carbocycles. The lowest BCUT2D eigenvalue weighted by Crippen LogP contribution is -2.31. The summed E-state index contributed by atoms with van der Waals surface area (Å²) in [6, 6.07) is 12.4. The predicted molar refractivity (Wildman–Crippen MR) is 139 cm³/mol. The number of rotatable bonds is 7. The average Bonchev–Trinajstić information content (AvgIpc) is 3.19. The lowest BCUT2D eigenvalue weighted by atomic mass is 10.1. The van der Waals surface area contributed by atoms with E-state index in [9.17, 15) is 19.2 Å². The molecule has 9 nitrogen and oxygen atoms in total. The van der Waals surface area contributed by atoms with Crippen molar-refractivity contribution in [1.29, 1.82) is 0 Å². The van der Waals surface area contributed by atoms with Crippen molar-refractivity contribution in [2.75, 3.05) is 5.32 Å². The Morgan fingerprint density at radius 3 is 2.03 bits per heavy atom. The molecule has 0 saturated carbocycles. The topological polar surface area (TPSA) is 137 Å². The van der Waals surface area contributed by atoms with Gasteiger partial charge >= 0.3 is 5.69 Å². The molecule has 0 aliphatic rings. The van der Waals surface area contributed by atoms with E-state index in [0.717, 1.165) is 6.42 Å². The third kappa shape index (κ3) is 10.3. The molecule has 0 spiro atoms. The molecule has 35 heavy (non-hydrogen) atoms. The Labute approximate surface area is 205 Å². The fourth-order valence-electron chi connectivity index (χ4n) is 2.55. The van der Waals surface area contributed by atoms with Crippen molar-refractivity contribution in [3.8, 4) is 0 Å². The molecule has 1 heterocycles. The number of Topliss-reactive ketones (excluding diaryl/α,β-unsaturated/α-hetero) is 2. The molecular formula is C26H35N5O4. The van der Waals surface area contributed by atoms with Gasteiger partial charge in [0.1, 0.15) is 5.78 Å². The van der Waals surface area contributed by atoms with Crippen molar-refractivity contribution >= 4 is 39.9 Å². The molecule has 0 aliphatic heterocycles. The smallest absolute Gasteiger partial charge is 0.323 e. The number of nitrogens with zero attached hydrogens (tertiary/aromatic N) is 2. The number of azo groups is 1. The van der Waals surface area contributed by atoms with Crippen LogP contribution in [-0.4, -0.2) is 33.5 Å². The number of amides is 1. The van der Waals surface area contributed by atoms with Gasteiger partial charge in [-0.2, -0.15) is 10.2 Å². The van der Waals surface area contributed by atoms with Gasteiger partial charge in [-0.1, -0.05) is 52.3 Å². The normalized spacial score (nSPS) is 12.1. The van der Waals surface area contributed by atoms with Crippen molar-refractivity contribution in [2.24, 2.45) is 16.1 Å². The van der Waals surface area contributed by atoms with Crippen molar-refractivity contribution in [3.05, 3.63) is 59.0 Å². The summed E-state index contributed by atoms with van der Waals surface area (Å²) >= 11 is 0. The zero-order valence-electron chi connectivity index (χ0n) is 21.2. The lowest BCUT2D eigenvalue weighted by molar-refractivity contribution is -0.126. The minimum absolute atomic E-state index is 0.264. The second kappa shape index (κ2) is 15.1. The van der Waals surface area contributed by atoms with Gasteiger partial charge in [-0.15, -0.1) is 0 Å². The maximum atomic E-state index is 12.4. The number of aromatic amines is 2. The number of carbonyl (C=O) groups is 3. The first-order valence-corrected chi connectivity index (χ1v) is 11.6. The van der Waals surface area contributed by atoms with E-state index >= 15 is 0 Å². The van der Waals surface area contributed by atoms with E-state index in [0.29, 0.717) is 28.2 Å². The van der Waals surface area contributed by atoms with E-state index in [1.165, 1.54) is 13.3 Å². The molecule has 1 amide bonds. The van der Waals surface area contributed by atoms with Crippen LogP contribution in [0.25, 0.3) is 11.0 Å². The van der Waals surface area contributed by atoms with Crippen LogP contribution in [0.1, 0.15) is 54.4 Å². The highest BCUT2D eigenvalue weighted by Crippen LogP contribution is 2.16. The Morgan fingerprint density at radius 2 is 1.51 bits per heavy atom. The summed E-state index contributed by atoms with van der Waals surface area (Å²) in [5.41, 5.74) is 1.82. The Hall–Kier alpha value is -3.88. The largest absolute Gasteiger partial charge is 0.324 e. The number of H-pyrrole nitrogens is 2.